The summed E-state index contributed by atoms with van der Waals surface area (Å²) < 4.78 is 5.10. The number of hydrogen-bond donors (Lipinski definition) is 2. The number of carbonyl (C=O) groups is 1. The molecule has 4 nitrogen and oxygen atoms in total. The van der Waals surface area contributed by atoms with Crippen LogP contribution in [0, 0.1) is 5.92 Å². The average molecular weight is 262 g/mol. The molecule has 19 heavy (non-hydrogen) atoms. The van der Waals surface area contributed by atoms with Crippen molar-refractivity contribution in [2.24, 2.45) is 5.92 Å². The molecule has 0 saturated carbocycles. The molecule has 2 N–H and O–H groups in total. The number of nitrogens with one attached hydrogen (secondary N) is 2. The van der Waals surface area contributed by atoms with Gasteiger partial charge in [0.2, 0.25) is 5.91 Å². The Bertz CT molecular complexity index is 434. The first kappa shape index (κ1) is 14.0. The summed E-state index contributed by atoms with van der Waals surface area (Å²) in [5.74, 6) is 0.459. The Morgan fingerprint density at radius 3 is 2.95 bits per heavy atom. The van der Waals surface area contributed by atoms with E-state index in [1.807, 2.05) is 24.3 Å². The van der Waals surface area contributed by atoms with Crippen LogP contribution in [0.2, 0.25) is 0 Å². The number of hydrogen-bond acceptors (Lipinski definition) is 3. The fourth-order valence-corrected chi connectivity index (χ4v) is 2.47. The summed E-state index contributed by atoms with van der Waals surface area (Å²) >= 11 is 0. The number of rotatable bonds is 5. The van der Waals surface area contributed by atoms with E-state index in [-0.39, 0.29) is 11.9 Å². The number of amides is 1. The molecule has 0 radical (unpaired) electrons. The summed E-state index contributed by atoms with van der Waals surface area (Å²) in [5.41, 5.74) is 2.01. The summed E-state index contributed by atoms with van der Waals surface area (Å²) in [6, 6.07) is 7.83. The van der Waals surface area contributed by atoms with Crippen molar-refractivity contribution in [3.05, 3.63) is 29.8 Å². The summed E-state index contributed by atoms with van der Waals surface area (Å²) in [5, 5.41) is 6.29. The molecule has 1 heterocycles. The molecular weight excluding hydrogens is 240 g/mol. The second-order valence-corrected chi connectivity index (χ2v) is 5.09. The lowest BCUT2D eigenvalue weighted by Crippen LogP contribution is -2.39. The Kier molecular flexibility index (Phi) is 4.93. The molecule has 1 aromatic carbocycles. The zero-order valence-electron chi connectivity index (χ0n) is 11.6. The summed E-state index contributed by atoms with van der Waals surface area (Å²) in [6.45, 7) is 3.69. The van der Waals surface area contributed by atoms with Gasteiger partial charge in [-0.05, 0) is 36.9 Å². The zero-order chi connectivity index (χ0) is 13.7. The van der Waals surface area contributed by atoms with Crippen molar-refractivity contribution in [3.8, 4) is 0 Å². The Hall–Kier alpha value is -1.39. The van der Waals surface area contributed by atoms with Gasteiger partial charge in [-0.3, -0.25) is 4.79 Å². The van der Waals surface area contributed by atoms with Gasteiger partial charge in [-0.1, -0.05) is 25.1 Å². The number of benzene rings is 1. The van der Waals surface area contributed by atoms with Gasteiger partial charge in [-0.15, -0.1) is 0 Å². The highest BCUT2D eigenvalue weighted by atomic mass is 16.5. The SMILES string of the molecule is COCCc1ccccc1NC(=O)C1NCCC1C. The summed E-state index contributed by atoms with van der Waals surface area (Å²) in [6.07, 6.45) is 1.87. The fraction of sp³-hybridized carbons (Fsp3) is 0.533. The van der Waals surface area contributed by atoms with Crippen molar-refractivity contribution in [3.63, 3.8) is 0 Å². The van der Waals surface area contributed by atoms with Gasteiger partial charge in [0.05, 0.1) is 12.6 Å². The molecule has 2 atom stereocenters. The lowest BCUT2D eigenvalue weighted by Gasteiger charge is -2.17. The maximum absolute atomic E-state index is 12.2. The highest BCUT2D eigenvalue weighted by Crippen LogP contribution is 2.19. The molecular formula is C15H22N2O2. The van der Waals surface area contributed by atoms with E-state index in [4.69, 9.17) is 4.74 Å². The second kappa shape index (κ2) is 6.68. The molecule has 0 spiro atoms. The number of ether oxygens (including phenoxy) is 1. The second-order valence-electron chi connectivity index (χ2n) is 5.09. The van der Waals surface area contributed by atoms with Crippen LogP contribution < -0.4 is 10.6 Å². The fourth-order valence-electron chi connectivity index (χ4n) is 2.47. The molecule has 104 valence electrons. The molecule has 1 fully saturated rings. The first-order chi connectivity index (χ1) is 9.22. The summed E-state index contributed by atoms with van der Waals surface area (Å²) in [7, 11) is 1.69. The van der Waals surface area contributed by atoms with Crippen LogP contribution in [0.25, 0.3) is 0 Å². The van der Waals surface area contributed by atoms with Crippen molar-refractivity contribution >= 4 is 11.6 Å². The third-order valence-electron chi connectivity index (χ3n) is 3.67. The number of para-hydroxylation sites is 1. The van der Waals surface area contributed by atoms with Crippen molar-refractivity contribution < 1.29 is 9.53 Å². The van der Waals surface area contributed by atoms with Crippen LogP contribution in [-0.4, -0.2) is 32.2 Å². The quantitative estimate of drug-likeness (QED) is 0.851. The lowest BCUT2D eigenvalue weighted by molar-refractivity contribution is -0.118. The maximum atomic E-state index is 12.2. The number of methoxy groups -OCH3 is 1. The zero-order valence-corrected chi connectivity index (χ0v) is 11.6. The van der Waals surface area contributed by atoms with Crippen LogP contribution in [0.15, 0.2) is 24.3 Å². The number of anilines is 1. The van der Waals surface area contributed by atoms with Crippen LogP contribution in [-0.2, 0) is 16.0 Å². The van der Waals surface area contributed by atoms with E-state index >= 15 is 0 Å². The molecule has 1 aliphatic heterocycles. The first-order valence-corrected chi connectivity index (χ1v) is 6.83. The van der Waals surface area contributed by atoms with E-state index in [1.54, 1.807) is 7.11 Å². The first-order valence-electron chi connectivity index (χ1n) is 6.83. The van der Waals surface area contributed by atoms with Crippen LogP contribution in [0.5, 0.6) is 0 Å². The van der Waals surface area contributed by atoms with E-state index < -0.39 is 0 Å². The van der Waals surface area contributed by atoms with Gasteiger partial charge in [0.25, 0.3) is 0 Å². The average Bonchev–Trinajstić information content (AvgIpc) is 2.84. The van der Waals surface area contributed by atoms with Gasteiger partial charge in [0.1, 0.15) is 0 Å². The van der Waals surface area contributed by atoms with Crippen LogP contribution in [0.3, 0.4) is 0 Å². The van der Waals surface area contributed by atoms with Gasteiger partial charge >= 0.3 is 0 Å². The Balaban J connectivity index is 2.03. The van der Waals surface area contributed by atoms with E-state index in [0.29, 0.717) is 12.5 Å². The minimum absolute atomic E-state index is 0.0647. The van der Waals surface area contributed by atoms with Crippen molar-refractivity contribution in [2.45, 2.75) is 25.8 Å². The molecule has 4 heteroatoms. The van der Waals surface area contributed by atoms with Crippen molar-refractivity contribution in [1.82, 2.24) is 5.32 Å². The van der Waals surface area contributed by atoms with Crippen molar-refractivity contribution in [1.29, 1.82) is 0 Å². The normalized spacial score (nSPS) is 22.4. The van der Waals surface area contributed by atoms with Crippen LogP contribution in [0.4, 0.5) is 5.69 Å². The monoisotopic (exact) mass is 262 g/mol. The maximum Gasteiger partial charge on any atom is 0.241 e. The highest BCUT2D eigenvalue weighted by molar-refractivity contribution is 5.95. The predicted molar refractivity (Wildman–Crippen MR) is 76.2 cm³/mol. The molecule has 1 aliphatic rings. The lowest BCUT2D eigenvalue weighted by atomic mass is 10.0. The Morgan fingerprint density at radius 1 is 1.47 bits per heavy atom. The van der Waals surface area contributed by atoms with Gasteiger partial charge in [0.15, 0.2) is 0 Å². The molecule has 0 bridgehead atoms. The van der Waals surface area contributed by atoms with Gasteiger partial charge in [-0.2, -0.15) is 0 Å². The smallest absolute Gasteiger partial charge is 0.241 e. The molecule has 1 saturated heterocycles. The minimum atomic E-state index is -0.0736. The van der Waals surface area contributed by atoms with Gasteiger partial charge in [0, 0.05) is 12.8 Å². The molecule has 2 unspecified atom stereocenters. The predicted octanol–water partition coefficient (Wildman–Crippen LogP) is 1.81. The third kappa shape index (κ3) is 3.55. The Morgan fingerprint density at radius 2 is 2.26 bits per heavy atom. The molecule has 1 amide bonds. The largest absolute Gasteiger partial charge is 0.384 e. The Labute approximate surface area is 114 Å². The standard InChI is InChI=1S/C15H22N2O2/c1-11-7-9-16-14(11)15(18)17-13-6-4-3-5-12(13)8-10-19-2/h3-6,11,14,16H,7-10H2,1-2H3,(H,17,18). The van der Waals surface area contributed by atoms with Crippen LogP contribution in [0.1, 0.15) is 18.9 Å². The van der Waals surface area contributed by atoms with Crippen LogP contribution >= 0.6 is 0 Å². The minimum Gasteiger partial charge on any atom is -0.384 e. The molecule has 2 rings (SSSR count). The van der Waals surface area contributed by atoms with E-state index in [9.17, 15) is 4.79 Å². The third-order valence-corrected chi connectivity index (χ3v) is 3.67. The van der Waals surface area contributed by atoms with E-state index in [0.717, 1.165) is 30.6 Å². The van der Waals surface area contributed by atoms with E-state index in [1.165, 1.54) is 0 Å². The van der Waals surface area contributed by atoms with E-state index in [2.05, 4.69) is 17.6 Å². The van der Waals surface area contributed by atoms with Gasteiger partial charge < -0.3 is 15.4 Å². The topological polar surface area (TPSA) is 50.4 Å². The highest BCUT2D eigenvalue weighted by Gasteiger charge is 2.29. The molecule has 0 aromatic heterocycles. The van der Waals surface area contributed by atoms with Gasteiger partial charge in [-0.25, -0.2) is 0 Å². The summed E-state index contributed by atoms with van der Waals surface area (Å²) in [4.78, 5) is 12.2. The van der Waals surface area contributed by atoms with Crippen molar-refractivity contribution in [2.75, 3.05) is 25.6 Å². The molecule has 0 aliphatic carbocycles. The number of carbonyl (C=O) groups excluding carboxylic acids is 1. The molecule has 1 aromatic rings.